The van der Waals surface area contributed by atoms with Gasteiger partial charge < -0.3 is 10.3 Å². The van der Waals surface area contributed by atoms with Crippen LogP contribution >= 0.6 is 0 Å². The van der Waals surface area contributed by atoms with E-state index in [1.54, 1.807) is 18.5 Å². The van der Waals surface area contributed by atoms with Crippen LogP contribution in [0.5, 0.6) is 0 Å². The van der Waals surface area contributed by atoms with Crippen LogP contribution in [-0.2, 0) is 0 Å². The van der Waals surface area contributed by atoms with Crippen LogP contribution in [0.25, 0.3) is 0 Å². The van der Waals surface area contributed by atoms with Crippen LogP contribution in [0.15, 0.2) is 47.7 Å². The van der Waals surface area contributed by atoms with Crippen molar-refractivity contribution < 1.29 is 4.79 Å². The third-order valence-electron chi connectivity index (χ3n) is 2.59. The molecule has 0 saturated carbocycles. The molecule has 2 aromatic rings. The number of H-pyrrole nitrogens is 1. The molecule has 5 heteroatoms. The van der Waals surface area contributed by atoms with Gasteiger partial charge in [-0.1, -0.05) is 0 Å². The maximum Gasteiger partial charge on any atom is 0.252 e. The minimum atomic E-state index is -0.292. The van der Waals surface area contributed by atoms with Gasteiger partial charge in [0, 0.05) is 30.2 Å². The molecule has 1 unspecified atom stereocenters. The van der Waals surface area contributed by atoms with Crippen molar-refractivity contribution in [3.63, 3.8) is 0 Å². The van der Waals surface area contributed by atoms with E-state index in [1.165, 1.54) is 12.3 Å². The first kappa shape index (κ1) is 12.0. The second-order valence-electron chi connectivity index (χ2n) is 3.92. The van der Waals surface area contributed by atoms with Crippen molar-refractivity contribution in [3.8, 4) is 0 Å². The van der Waals surface area contributed by atoms with E-state index in [1.807, 2.05) is 19.1 Å². The molecule has 0 spiro atoms. The number of amides is 1. The summed E-state index contributed by atoms with van der Waals surface area (Å²) in [6, 6.07) is 6.37. The molecular formula is C13H13N3O2. The highest BCUT2D eigenvalue weighted by Crippen LogP contribution is 2.10. The number of nitrogens with one attached hydrogen (secondary N) is 2. The van der Waals surface area contributed by atoms with Crippen molar-refractivity contribution in [1.82, 2.24) is 15.3 Å². The smallest absolute Gasteiger partial charge is 0.252 e. The lowest BCUT2D eigenvalue weighted by Gasteiger charge is -2.13. The maximum absolute atomic E-state index is 11.9. The predicted molar refractivity (Wildman–Crippen MR) is 67.2 cm³/mol. The molecule has 0 fully saturated rings. The molecule has 1 amide bonds. The SMILES string of the molecule is CC(NC(=O)c1cc[nH]c(=O)c1)c1ccncc1. The van der Waals surface area contributed by atoms with E-state index in [4.69, 9.17) is 0 Å². The zero-order valence-electron chi connectivity index (χ0n) is 9.88. The first-order chi connectivity index (χ1) is 8.66. The zero-order chi connectivity index (χ0) is 13.0. The van der Waals surface area contributed by atoms with Gasteiger partial charge in [0.15, 0.2) is 0 Å². The van der Waals surface area contributed by atoms with Crippen LogP contribution in [0.3, 0.4) is 0 Å². The van der Waals surface area contributed by atoms with Crippen molar-refractivity contribution in [2.24, 2.45) is 0 Å². The van der Waals surface area contributed by atoms with E-state index in [0.29, 0.717) is 5.56 Å². The molecule has 5 nitrogen and oxygen atoms in total. The highest BCUT2D eigenvalue weighted by molar-refractivity contribution is 5.94. The maximum atomic E-state index is 11.9. The van der Waals surface area contributed by atoms with Gasteiger partial charge in [0.25, 0.3) is 5.91 Å². The van der Waals surface area contributed by atoms with E-state index in [-0.39, 0.29) is 17.5 Å². The Bertz CT molecular complexity index is 592. The lowest BCUT2D eigenvalue weighted by molar-refractivity contribution is 0.0939. The Morgan fingerprint density at radius 2 is 2.06 bits per heavy atom. The number of hydrogen-bond donors (Lipinski definition) is 2. The van der Waals surface area contributed by atoms with Crippen molar-refractivity contribution in [2.45, 2.75) is 13.0 Å². The Kier molecular flexibility index (Phi) is 3.52. The summed E-state index contributed by atoms with van der Waals surface area (Å²) < 4.78 is 0. The highest BCUT2D eigenvalue weighted by Gasteiger charge is 2.11. The largest absolute Gasteiger partial charge is 0.346 e. The van der Waals surface area contributed by atoms with Gasteiger partial charge in [-0.05, 0) is 30.7 Å². The average molecular weight is 243 g/mol. The minimum Gasteiger partial charge on any atom is -0.346 e. The van der Waals surface area contributed by atoms with E-state index < -0.39 is 0 Å². The Morgan fingerprint density at radius 1 is 1.33 bits per heavy atom. The fourth-order valence-electron chi connectivity index (χ4n) is 1.60. The normalized spacial score (nSPS) is 11.8. The zero-order valence-corrected chi connectivity index (χ0v) is 9.88. The molecule has 1 atom stereocenters. The van der Waals surface area contributed by atoms with Crippen LogP contribution in [0, 0.1) is 0 Å². The molecule has 0 radical (unpaired) electrons. The summed E-state index contributed by atoms with van der Waals surface area (Å²) in [7, 11) is 0. The molecule has 0 aliphatic rings. The van der Waals surface area contributed by atoms with Crippen LogP contribution in [0.1, 0.15) is 28.9 Å². The molecule has 0 bridgehead atoms. The summed E-state index contributed by atoms with van der Waals surface area (Å²) in [5.41, 5.74) is 1.02. The highest BCUT2D eigenvalue weighted by atomic mass is 16.2. The number of aromatic nitrogens is 2. The van der Waals surface area contributed by atoms with Crippen LogP contribution in [0.4, 0.5) is 0 Å². The molecule has 0 saturated heterocycles. The lowest BCUT2D eigenvalue weighted by atomic mass is 10.1. The number of nitrogens with zero attached hydrogens (tertiary/aromatic N) is 1. The van der Waals surface area contributed by atoms with Crippen LogP contribution in [0.2, 0.25) is 0 Å². The molecule has 92 valence electrons. The van der Waals surface area contributed by atoms with Crippen LogP contribution in [-0.4, -0.2) is 15.9 Å². The average Bonchev–Trinajstić information content (AvgIpc) is 2.39. The molecular weight excluding hydrogens is 230 g/mol. The van der Waals surface area contributed by atoms with Gasteiger partial charge in [-0.15, -0.1) is 0 Å². The van der Waals surface area contributed by atoms with Gasteiger partial charge in [0.05, 0.1) is 6.04 Å². The molecule has 2 heterocycles. The Morgan fingerprint density at radius 3 is 2.72 bits per heavy atom. The summed E-state index contributed by atoms with van der Waals surface area (Å²) in [6.07, 6.45) is 4.80. The third kappa shape index (κ3) is 2.82. The second-order valence-corrected chi connectivity index (χ2v) is 3.92. The van der Waals surface area contributed by atoms with Crippen LogP contribution < -0.4 is 10.9 Å². The number of carbonyl (C=O) groups excluding carboxylic acids is 1. The Balaban J connectivity index is 2.11. The predicted octanol–water partition coefficient (Wildman–Crippen LogP) is 1.26. The minimum absolute atomic E-state index is 0.139. The quantitative estimate of drug-likeness (QED) is 0.852. The van der Waals surface area contributed by atoms with Gasteiger partial charge in [-0.2, -0.15) is 0 Å². The number of aromatic amines is 1. The van der Waals surface area contributed by atoms with Crippen molar-refractivity contribution >= 4 is 5.91 Å². The molecule has 0 aromatic carbocycles. The van der Waals surface area contributed by atoms with Gasteiger partial charge in [-0.25, -0.2) is 0 Å². The fraction of sp³-hybridized carbons (Fsp3) is 0.154. The second kappa shape index (κ2) is 5.27. The molecule has 2 aromatic heterocycles. The number of carbonyl (C=O) groups is 1. The molecule has 2 rings (SSSR count). The van der Waals surface area contributed by atoms with Gasteiger partial charge in [0.1, 0.15) is 0 Å². The van der Waals surface area contributed by atoms with E-state index >= 15 is 0 Å². The number of hydrogen-bond acceptors (Lipinski definition) is 3. The Labute approximate surface area is 104 Å². The van der Waals surface area contributed by atoms with Crippen molar-refractivity contribution in [2.75, 3.05) is 0 Å². The summed E-state index contributed by atoms with van der Waals surface area (Å²) in [6.45, 7) is 1.88. The summed E-state index contributed by atoms with van der Waals surface area (Å²) in [4.78, 5) is 29.4. The summed E-state index contributed by atoms with van der Waals surface area (Å²) >= 11 is 0. The van der Waals surface area contributed by atoms with Gasteiger partial charge in [0.2, 0.25) is 5.56 Å². The van der Waals surface area contributed by atoms with E-state index in [2.05, 4.69) is 15.3 Å². The molecule has 0 aliphatic heterocycles. The molecule has 0 aliphatic carbocycles. The monoisotopic (exact) mass is 243 g/mol. The lowest BCUT2D eigenvalue weighted by Crippen LogP contribution is -2.27. The Hall–Kier alpha value is -2.43. The van der Waals surface area contributed by atoms with Gasteiger partial charge >= 0.3 is 0 Å². The fourth-order valence-corrected chi connectivity index (χ4v) is 1.60. The molecule has 18 heavy (non-hydrogen) atoms. The standard InChI is InChI=1S/C13H13N3O2/c1-9(10-2-5-14-6-3-10)16-13(18)11-4-7-15-12(17)8-11/h2-9H,1H3,(H,15,17)(H,16,18). The first-order valence-electron chi connectivity index (χ1n) is 5.56. The number of pyridine rings is 2. The van der Waals surface area contributed by atoms with Crippen molar-refractivity contribution in [1.29, 1.82) is 0 Å². The molecule has 2 N–H and O–H groups in total. The van der Waals surface area contributed by atoms with Gasteiger partial charge in [-0.3, -0.25) is 14.6 Å². The first-order valence-corrected chi connectivity index (χ1v) is 5.56. The van der Waals surface area contributed by atoms with Crippen molar-refractivity contribution in [3.05, 3.63) is 64.3 Å². The third-order valence-corrected chi connectivity index (χ3v) is 2.59. The van der Waals surface area contributed by atoms with E-state index in [9.17, 15) is 9.59 Å². The van der Waals surface area contributed by atoms with E-state index in [0.717, 1.165) is 5.56 Å². The topological polar surface area (TPSA) is 74.8 Å². The summed E-state index contributed by atoms with van der Waals surface area (Å²) in [5.74, 6) is -0.273. The number of rotatable bonds is 3. The summed E-state index contributed by atoms with van der Waals surface area (Å²) in [5, 5.41) is 2.82.